The summed E-state index contributed by atoms with van der Waals surface area (Å²) in [4.78, 5) is 37.3. The van der Waals surface area contributed by atoms with Crippen LogP contribution in [0, 0.1) is 21.4 Å². The molecule has 0 radical (unpaired) electrons. The normalized spacial score (nSPS) is 14.6. The Morgan fingerprint density at radius 2 is 2.00 bits per heavy atom. The third kappa shape index (κ3) is 4.70. The van der Waals surface area contributed by atoms with Crippen LogP contribution in [0.2, 0.25) is 5.02 Å². The highest BCUT2D eigenvalue weighted by atomic mass is 35.5. The lowest BCUT2D eigenvalue weighted by atomic mass is 10.2. The van der Waals surface area contributed by atoms with E-state index >= 15 is 0 Å². The van der Waals surface area contributed by atoms with Crippen LogP contribution in [0.15, 0.2) is 30.0 Å². The maximum atomic E-state index is 12.3. The largest absolute Gasteiger partial charge is 0.373 e. The first kappa shape index (κ1) is 19.2. The first-order valence-electron chi connectivity index (χ1n) is 7.68. The average molecular weight is 378 g/mol. The number of piperazine rings is 1. The molecule has 0 bridgehead atoms. The molecule has 1 fully saturated rings. The molecule has 0 spiro atoms. The zero-order valence-corrected chi connectivity index (χ0v) is 14.7. The minimum atomic E-state index is -0.719. The molecule has 0 unspecified atom stereocenters. The van der Waals surface area contributed by atoms with Crippen molar-refractivity contribution in [3.63, 3.8) is 0 Å². The van der Waals surface area contributed by atoms with Crippen molar-refractivity contribution in [2.75, 3.05) is 31.5 Å². The van der Waals surface area contributed by atoms with E-state index in [1.165, 1.54) is 25.3 Å². The molecule has 2 rings (SSSR count). The van der Waals surface area contributed by atoms with E-state index in [-0.39, 0.29) is 27.9 Å². The van der Waals surface area contributed by atoms with E-state index in [0.717, 1.165) is 6.07 Å². The Morgan fingerprint density at radius 1 is 1.35 bits per heavy atom. The number of halogens is 1. The molecule has 136 valence electrons. The van der Waals surface area contributed by atoms with Crippen molar-refractivity contribution in [2.24, 2.45) is 0 Å². The fourth-order valence-corrected chi connectivity index (χ4v) is 2.56. The van der Waals surface area contributed by atoms with Gasteiger partial charge in [0.15, 0.2) is 0 Å². The molecule has 1 aromatic rings. The van der Waals surface area contributed by atoms with Crippen LogP contribution in [0.5, 0.6) is 0 Å². The molecule has 9 nitrogen and oxygen atoms in total. The summed E-state index contributed by atoms with van der Waals surface area (Å²) in [5.41, 5.74) is -0.343. The number of nitro groups is 1. The number of nitro benzene ring substituents is 1. The molecule has 0 saturated carbocycles. The van der Waals surface area contributed by atoms with Crippen LogP contribution in [0.3, 0.4) is 0 Å². The van der Waals surface area contributed by atoms with Crippen molar-refractivity contribution in [2.45, 2.75) is 6.92 Å². The number of nitrogens with zero attached hydrogens (tertiary/aromatic N) is 4. The quantitative estimate of drug-likeness (QED) is 0.369. The van der Waals surface area contributed by atoms with E-state index in [1.807, 2.05) is 6.07 Å². The van der Waals surface area contributed by atoms with Gasteiger partial charge in [-0.3, -0.25) is 19.7 Å². The van der Waals surface area contributed by atoms with Crippen molar-refractivity contribution < 1.29 is 14.5 Å². The smallest absolute Gasteiger partial charge is 0.271 e. The van der Waals surface area contributed by atoms with Gasteiger partial charge in [0.05, 0.1) is 15.6 Å². The van der Waals surface area contributed by atoms with Gasteiger partial charge in [0, 0.05) is 51.4 Å². The van der Waals surface area contributed by atoms with E-state index in [2.05, 4.69) is 5.32 Å². The summed E-state index contributed by atoms with van der Waals surface area (Å²) in [7, 11) is 0. The number of hydrogen-bond donors (Lipinski definition) is 1. The molecule has 0 atom stereocenters. The Bertz CT molecular complexity index is 809. The van der Waals surface area contributed by atoms with Crippen LogP contribution in [-0.2, 0) is 9.59 Å². The Hall–Kier alpha value is -3.12. The molecule has 26 heavy (non-hydrogen) atoms. The third-order valence-electron chi connectivity index (χ3n) is 3.85. The van der Waals surface area contributed by atoms with Crippen molar-refractivity contribution in [3.05, 3.63) is 45.1 Å². The van der Waals surface area contributed by atoms with Gasteiger partial charge in [-0.2, -0.15) is 5.26 Å². The highest BCUT2D eigenvalue weighted by molar-refractivity contribution is 6.34. The monoisotopic (exact) mass is 377 g/mol. The number of nitriles is 1. The molecule has 2 amide bonds. The SMILES string of the molecule is CC(=O)N1CCN(/C=C(/C#N)C(=O)Nc2cc([N+](=O)[O-])ccc2Cl)CC1. The summed E-state index contributed by atoms with van der Waals surface area (Å²) in [5.74, 6) is -0.740. The minimum absolute atomic E-state index is 0.0211. The minimum Gasteiger partial charge on any atom is -0.373 e. The van der Waals surface area contributed by atoms with Gasteiger partial charge < -0.3 is 15.1 Å². The Kier molecular flexibility index (Phi) is 6.14. The highest BCUT2D eigenvalue weighted by Crippen LogP contribution is 2.27. The number of benzene rings is 1. The molecule has 1 heterocycles. The van der Waals surface area contributed by atoms with Gasteiger partial charge in [-0.15, -0.1) is 0 Å². The van der Waals surface area contributed by atoms with Crippen LogP contribution in [-0.4, -0.2) is 52.7 Å². The number of non-ortho nitro benzene ring substituents is 1. The molecule has 0 aliphatic carbocycles. The summed E-state index contributed by atoms with van der Waals surface area (Å²) >= 11 is 5.94. The van der Waals surface area contributed by atoms with E-state index in [0.29, 0.717) is 26.2 Å². The van der Waals surface area contributed by atoms with Crippen molar-refractivity contribution in [3.8, 4) is 6.07 Å². The number of carbonyl (C=O) groups is 2. The van der Waals surface area contributed by atoms with Crippen molar-refractivity contribution in [1.29, 1.82) is 5.26 Å². The highest BCUT2D eigenvalue weighted by Gasteiger charge is 2.19. The fourth-order valence-electron chi connectivity index (χ4n) is 2.40. The van der Waals surface area contributed by atoms with E-state index in [1.54, 1.807) is 9.80 Å². The van der Waals surface area contributed by atoms with Crippen molar-refractivity contribution >= 4 is 34.8 Å². The zero-order chi connectivity index (χ0) is 19.3. The maximum Gasteiger partial charge on any atom is 0.271 e. The first-order chi connectivity index (χ1) is 12.3. The van der Waals surface area contributed by atoms with Gasteiger partial charge in [-0.25, -0.2) is 0 Å². The summed E-state index contributed by atoms with van der Waals surface area (Å²) < 4.78 is 0. The van der Waals surface area contributed by atoms with Gasteiger partial charge >= 0.3 is 0 Å². The average Bonchev–Trinajstić information content (AvgIpc) is 2.61. The molecule has 1 N–H and O–H groups in total. The molecule has 1 saturated heterocycles. The summed E-state index contributed by atoms with van der Waals surface area (Å²) in [6.07, 6.45) is 1.41. The topological polar surface area (TPSA) is 120 Å². The first-order valence-corrected chi connectivity index (χ1v) is 8.06. The fraction of sp³-hybridized carbons (Fsp3) is 0.312. The lowest BCUT2D eigenvalue weighted by molar-refractivity contribution is -0.384. The van der Waals surface area contributed by atoms with E-state index in [4.69, 9.17) is 11.6 Å². The number of anilines is 1. The molecule has 1 aromatic carbocycles. The molecule has 1 aliphatic rings. The third-order valence-corrected chi connectivity index (χ3v) is 4.17. The lowest BCUT2D eigenvalue weighted by Crippen LogP contribution is -2.46. The van der Waals surface area contributed by atoms with Crippen LogP contribution < -0.4 is 5.32 Å². The predicted molar refractivity (Wildman–Crippen MR) is 94.3 cm³/mol. The molecule has 1 aliphatic heterocycles. The van der Waals surface area contributed by atoms with E-state index < -0.39 is 10.8 Å². The Balaban J connectivity index is 2.10. The molecular weight excluding hydrogens is 362 g/mol. The second kappa shape index (κ2) is 8.31. The van der Waals surface area contributed by atoms with Gasteiger partial charge in [0.25, 0.3) is 11.6 Å². The van der Waals surface area contributed by atoms with Gasteiger partial charge in [0.1, 0.15) is 11.6 Å². The van der Waals surface area contributed by atoms with Crippen molar-refractivity contribution in [1.82, 2.24) is 9.80 Å². The number of nitrogens with one attached hydrogen (secondary N) is 1. The zero-order valence-electron chi connectivity index (χ0n) is 13.9. The van der Waals surface area contributed by atoms with Crippen LogP contribution in [0.1, 0.15) is 6.92 Å². The molecular formula is C16H16ClN5O4. The number of rotatable bonds is 4. The lowest BCUT2D eigenvalue weighted by Gasteiger charge is -2.33. The van der Waals surface area contributed by atoms with Crippen LogP contribution >= 0.6 is 11.6 Å². The van der Waals surface area contributed by atoms with Gasteiger partial charge in [-0.1, -0.05) is 11.6 Å². The Labute approximate surface area is 154 Å². The van der Waals surface area contributed by atoms with Crippen LogP contribution in [0.25, 0.3) is 0 Å². The van der Waals surface area contributed by atoms with Gasteiger partial charge in [-0.05, 0) is 6.07 Å². The summed E-state index contributed by atoms with van der Waals surface area (Å²) in [6, 6.07) is 5.45. The van der Waals surface area contributed by atoms with E-state index in [9.17, 15) is 25.0 Å². The Morgan fingerprint density at radius 3 is 2.54 bits per heavy atom. The predicted octanol–water partition coefficient (Wildman–Crippen LogP) is 1.76. The number of hydrogen-bond acceptors (Lipinski definition) is 6. The van der Waals surface area contributed by atoms with Crippen LogP contribution in [0.4, 0.5) is 11.4 Å². The molecule has 10 heteroatoms. The number of carbonyl (C=O) groups excluding carboxylic acids is 2. The summed E-state index contributed by atoms with van der Waals surface area (Å²) in [6.45, 7) is 3.49. The summed E-state index contributed by atoms with van der Waals surface area (Å²) in [5, 5.41) is 22.6. The number of amides is 2. The second-order valence-corrected chi connectivity index (χ2v) is 5.98. The maximum absolute atomic E-state index is 12.3. The standard InChI is InChI=1S/C16H16ClN5O4/c1-11(23)21-6-4-20(5-7-21)10-12(9-18)16(24)19-15-8-13(22(25)26)2-3-14(15)17/h2-3,8,10H,4-7H2,1H3,(H,19,24)/b12-10-. The second-order valence-electron chi connectivity index (χ2n) is 5.57. The van der Waals surface area contributed by atoms with Gasteiger partial charge in [0.2, 0.25) is 5.91 Å². The molecule has 0 aromatic heterocycles.